The lowest BCUT2D eigenvalue weighted by Crippen LogP contribution is -2.41. The lowest BCUT2D eigenvalue weighted by molar-refractivity contribution is 0.0940. The summed E-state index contributed by atoms with van der Waals surface area (Å²) in [6.07, 6.45) is 1.58. The van der Waals surface area contributed by atoms with Crippen LogP contribution in [0.2, 0.25) is 0 Å². The van der Waals surface area contributed by atoms with E-state index in [0.29, 0.717) is 0 Å². The SMILES string of the molecule is CC(C)(C)c1ccc(S(=O)(=O)NNC(=O)c2ccc[nH]2)cc1. The molecule has 0 radical (unpaired) electrons. The van der Waals surface area contributed by atoms with Crippen LogP contribution in [0.3, 0.4) is 0 Å². The Kier molecular flexibility index (Phi) is 4.39. The first kappa shape index (κ1) is 16.3. The normalized spacial score (nSPS) is 12.1. The average Bonchev–Trinajstić information content (AvgIpc) is 2.98. The lowest BCUT2D eigenvalue weighted by Gasteiger charge is -2.19. The monoisotopic (exact) mass is 321 g/mol. The second-order valence-electron chi connectivity index (χ2n) is 5.92. The summed E-state index contributed by atoms with van der Waals surface area (Å²) in [5.41, 5.74) is 3.40. The van der Waals surface area contributed by atoms with Crippen molar-refractivity contribution in [2.24, 2.45) is 0 Å². The number of sulfonamides is 1. The lowest BCUT2D eigenvalue weighted by atomic mass is 9.87. The molecule has 0 saturated carbocycles. The summed E-state index contributed by atoms with van der Waals surface area (Å²) in [6.45, 7) is 6.14. The summed E-state index contributed by atoms with van der Waals surface area (Å²) in [6, 6.07) is 9.76. The smallest absolute Gasteiger partial charge is 0.282 e. The third-order valence-electron chi connectivity index (χ3n) is 3.17. The molecule has 0 aliphatic carbocycles. The second-order valence-corrected chi connectivity index (χ2v) is 7.60. The highest BCUT2D eigenvalue weighted by molar-refractivity contribution is 7.89. The molecule has 0 aliphatic heterocycles. The molecule has 1 amide bonds. The number of hydrazine groups is 1. The van der Waals surface area contributed by atoms with E-state index in [4.69, 9.17) is 0 Å². The highest BCUT2D eigenvalue weighted by atomic mass is 32.2. The third kappa shape index (κ3) is 3.75. The van der Waals surface area contributed by atoms with Gasteiger partial charge in [-0.25, -0.2) is 8.42 Å². The fraction of sp³-hybridized carbons (Fsp3) is 0.267. The van der Waals surface area contributed by atoms with Crippen LogP contribution in [0.25, 0.3) is 0 Å². The van der Waals surface area contributed by atoms with Crippen molar-refractivity contribution in [3.8, 4) is 0 Å². The van der Waals surface area contributed by atoms with Crippen LogP contribution in [0, 0.1) is 0 Å². The highest BCUT2D eigenvalue weighted by Crippen LogP contribution is 2.23. The largest absolute Gasteiger partial charge is 0.357 e. The average molecular weight is 321 g/mol. The molecule has 2 aromatic rings. The van der Waals surface area contributed by atoms with Crippen LogP contribution in [-0.4, -0.2) is 19.3 Å². The first-order valence-electron chi connectivity index (χ1n) is 6.76. The number of rotatable bonds is 4. The number of hydrogen-bond donors (Lipinski definition) is 3. The Bertz CT molecular complexity index is 742. The molecular weight excluding hydrogens is 302 g/mol. The Labute approximate surface area is 130 Å². The zero-order valence-corrected chi connectivity index (χ0v) is 13.5. The number of H-pyrrole nitrogens is 1. The van der Waals surface area contributed by atoms with E-state index in [2.05, 4.69) is 15.2 Å². The number of benzene rings is 1. The molecule has 2 rings (SSSR count). The van der Waals surface area contributed by atoms with Gasteiger partial charge in [0.25, 0.3) is 15.9 Å². The number of aromatic nitrogens is 1. The summed E-state index contributed by atoms with van der Waals surface area (Å²) >= 11 is 0. The summed E-state index contributed by atoms with van der Waals surface area (Å²) in [5, 5.41) is 0. The van der Waals surface area contributed by atoms with Crippen molar-refractivity contribution in [3.63, 3.8) is 0 Å². The van der Waals surface area contributed by atoms with E-state index >= 15 is 0 Å². The standard InChI is InChI=1S/C15H19N3O3S/c1-15(2,3)11-6-8-12(9-7-11)22(20,21)18-17-14(19)13-5-4-10-16-13/h4-10,16,18H,1-3H3,(H,17,19). The van der Waals surface area contributed by atoms with E-state index < -0.39 is 15.9 Å². The minimum absolute atomic E-state index is 0.0580. The third-order valence-corrected chi connectivity index (χ3v) is 4.44. The van der Waals surface area contributed by atoms with Crippen molar-refractivity contribution < 1.29 is 13.2 Å². The first-order chi connectivity index (χ1) is 10.2. The number of nitrogens with one attached hydrogen (secondary N) is 3. The maximum Gasteiger partial charge on any atom is 0.282 e. The second kappa shape index (κ2) is 5.94. The van der Waals surface area contributed by atoms with Gasteiger partial charge in [0.05, 0.1) is 4.90 Å². The Morgan fingerprint density at radius 2 is 1.73 bits per heavy atom. The van der Waals surface area contributed by atoms with Gasteiger partial charge in [0, 0.05) is 6.20 Å². The van der Waals surface area contributed by atoms with E-state index in [1.54, 1.807) is 30.5 Å². The quantitative estimate of drug-likeness (QED) is 0.752. The van der Waals surface area contributed by atoms with Crippen LogP contribution >= 0.6 is 0 Å². The zero-order valence-electron chi connectivity index (χ0n) is 12.7. The Morgan fingerprint density at radius 1 is 1.09 bits per heavy atom. The predicted molar refractivity (Wildman–Crippen MR) is 83.7 cm³/mol. The molecule has 0 aliphatic rings. The molecule has 7 heteroatoms. The van der Waals surface area contributed by atoms with Gasteiger partial charge in [-0.1, -0.05) is 32.9 Å². The van der Waals surface area contributed by atoms with Crippen molar-refractivity contribution in [3.05, 3.63) is 53.9 Å². The van der Waals surface area contributed by atoms with Gasteiger partial charge in [0.2, 0.25) is 0 Å². The fourth-order valence-electron chi connectivity index (χ4n) is 1.85. The van der Waals surface area contributed by atoms with Crippen molar-refractivity contribution in [1.82, 2.24) is 15.2 Å². The van der Waals surface area contributed by atoms with E-state index in [1.165, 1.54) is 12.1 Å². The van der Waals surface area contributed by atoms with Crippen LogP contribution in [0.15, 0.2) is 47.5 Å². The molecule has 6 nitrogen and oxygen atoms in total. The summed E-state index contributed by atoms with van der Waals surface area (Å²) in [7, 11) is -3.80. The Balaban J connectivity index is 2.09. The summed E-state index contributed by atoms with van der Waals surface area (Å²) in [5.74, 6) is -0.556. The molecule has 0 unspecified atom stereocenters. The van der Waals surface area contributed by atoms with E-state index in [-0.39, 0.29) is 16.0 Å². The number of aromatic amines is 1. The van der Waals surface area contributed by atoms with Crippen LogP contribution in [0.4, 0.5) is 0 Å². The van der Waals surface area contributed by atoms with Gasteiger partial charge in [0.1, 0.15) is 5.69 Å². The predicted octanol–water partition coefficient (Wildman–Crippen LogP) is 1.94. The molecule has 0 atom stereocenters. The van der Waals surface area contributed by atoms with Gasteiger partial charge in [-0.15, -0.1) is 4.83 Å². The highest BCUT2D eigenvalue weighted by Gasteiger charge is 2.18. The number of carbonyl (C=O) groups excluding carboxylic acids is 1. The Morgan fingerprint density at radius 3 is 2.23 bits per heavy atom. The van der Waals surface area contributed by atoms with Crippen molar-refractivity contribution in [2.75, 3.05) is 0 Å². The molecule has 0 fully saturated rings. The molecule has 3 N–H and O–H groups in total. The van der Waals surface area contributed by atoms with Crippen molar-refractivity contribution in [2.45, 2.75) is 31.1 Å². The summed E-state index contributed by atoms with van der Waals surface area (Å²) < 4.78 is 24.3. The fourth-order valence-corrected chi connectivity index (χ4v) is 2.68. The van der Waals surface area contributed by atoms with Crippen LogP contribution in [0.1, 0.15) is 36.8 Å². The van der Waals surface area contributed by atoms with E-state index in [9.17, 15) is 13.2 Å². The Hall–Kier alpha value is -2.12. The molecule has 0 bridgehead atoms. The molecular formula is C15H19N3O3S. The maximum absolute atomic E-state index is 12.1. The van der Waals surface area contributed by atoms with E-state index in [0.717, 1.165) is 5.56 Å². The minimum atomic E-state index is -3.80. The number of hydrogen-bond acceptors (Lipinski definition) is 3. The van der Waals surface area contributed by atoms with Crippen molar-refractivity contribution >= 4 is 15.9 Å². The first-order valence-corrected chi connectivity index (χ1v) is 8.24. The topological polar surface area (TPSA) is 91.1 Å². The van der Waals surface area contributed by atoms with Crippen LogP contribution in [0.5, 0.6) is 0 Å². The zero-order chi connectivity index (χ0) is 16.4. The van der Waals surface area contributed by atoms with E-state index in [1.807, 2.05) is 20.8 Å². The summed E-state index contributed by atoms with van der Waals surface area (Å²) in [4.78, 5) is 16.6. The van der Waals surface area contributed by atoms with Gasteiger partial charge in [-0.05, 0) is 35.2 Å². The minimum Gasteiger partial charge on any atom is -0.357 e. The van der Waals surface area contributed by atoms with Gasteiger partial charge >= 0.3 is 0 Å². The van der Waals surface area contributed by atoms with Crippen LogP contribution < -0.4 is 10.3 Å². The molecule has 1 heterocycles. The molecule has 118 valence electrons. The van der Waals surface area contributed by atoms with Gasteiger partial charge in [0.15, 0.2) is 0 Å². The van der Waals surface area contributed by atoms with Gasteiger partial charge in [-0.3, -0.25) is 10.2 Å². The van der Waals surface area contributed by atoms with Crippen molar-refractivity contribution in [1.29, 1.82) is 0 Å². The molecule has 22 heavy (non-hydrogen) atoms. The number of amides is 1. The molecule has 0 spiro atoms. The van der Waals surface area contributed by atoms with Gasteiger partial charge in [-0.2, -0.15) is 0 Å². The number of carbonyl (C=O) groups is 1. The molecule has 1 aromatic heterocycles. The van der Waals surface area contributed by atoms with Crippen LogP contribution in [-0.2, 0) is 15.4 Å². The molecule has 0 saturated heterocycles. The maximum atomic E-state index is 12.1. The molecule has 1 aromatic carbocycles. The van der Waals surface area contributed by atoms with Gasteiger partial charge < -0.3 is 4.98 Å².